The number of amides is 1. The number of benzene rings is 1. The zero-order valence-corrected chi connectivity index (χ0v) is 12.5. The Kier molecular flexibility index (Phi) is 4.73. The summed E-state index contributed by atoms with van der Waals surface area (Å²) in [7, 11) is 0. The van der Waals surface area contributed by atoms with Crippen LogP contribution in [0.3, 0.4) is 0 Å². The highest BCUT2D eigenvalue weighted by Gasteiger charge is 2.19. The fraction of sp³-hybridized carbons (Fsp3) is 0.462. The van der Waals surface area contributed by atoms with Crippen molar-refractivity contribution < 1.29 is 13.9 Å². The van der Waals surface area contributed by atoms with Gasteiger partial charge in [0, 0.05) is 4.47 Å². The summed E-state index contributed by atoms with van der Waals surface area (Å²) in [6.45, 7) is 7.20. The minimum absolute atomic E-state index is 0.269. The van der Waals surface area contributed by atoms with E-state index < -0.39 is 11.7 Å². The van der Waals surface area contributed by atoms with Gasteiger partial charge in [-0.2, -0.15) is 0 Å². The third-order valence-electron chi connectivity index (χ3n) is 2.16. The Morgan fingerprint density at radius 2 is 2.06 bits per heavy atom. The van der Waals surface area contributed by atoms with Crippen molar-refractivity contribution in [3.63, 3.8) is 0 Å². The van der Waals surface area contributed by atoms with Gasteiger partial charge >= 0.3 is 6.09 Å². The average Bonchev–Trinajstić information content (AvgIpc) is 2.13. The molecule has 3 nitrogen and oxygen atoms in total. The van der Waals surface area contributed by atoms with Gasteiger partial charge in [-0.1, -0.05) is 22.0 Å². The largest absolute Gasteiger partial charge is 0.444 e. The molecule has 1 N–H and O–H groups in total. The van der Waals surface area contributed by atoms with Crippen LogP contribution in [0.5, 0.6) is 0 Å². The first-order valence-corrected chi connectivity index (χ1v) is 6.43. The standard InChI is InChI=1S/C13H17BrFNO2/c1-8(16-12(17)18-13(2,3)4)10-6-5-9(15)7-11(10)14/h5-8H,1-4H3,(H,16,17)/t8-/m1/s1. The molecule has 0 fully saturated rings. The Labute approximate surface area is 115 Å². The van der Waals surface area contributed by atoms with Crippen molar-refractivity contribution >= 4 is 22.0 Å². The molecule has 0 saturated carbocycles. The van der Waals surface area contributed by atoms with Crippen molar-refractivity contribution in [1.29, 1.82) is 0 Å². The molecular weight excluding hydrogens is 301 g/mol. The Morgan fingerprint density at radius 3 is 2.56 bits per heavy atom. The summed E-state index contributed by atoms with van der Waals surface area (Å²) in [5.74, 6) is -0.324. The number of carbonyl (C=O) groups excluding carboxylic acids is 1. The fourth-order valence-electron chi connectivity index (χ4n) is 1.41. The fourth-order valence-corrected chi connectivity index (χ4v) is 2.11. The van der Waals surface area contributed by atoms with Gasteiger partial charge in [0.15, 0.2) is 0 Å². The van der Waals surface area contributed by atoms with Crippen LogP contribution >= 0.6 is 15.9 Å². The molecule has 5 heteroatoms. The molecule has 0 aromatic heterocycles. The van der Waals surface area contributed by atoms with Crippen LogP contribution in [0, 0.1) is 5.82 Å². The number of hydrogen-bond donors (Lipinski definition) is 1. The van der Waals surface area contributed by atoms with Crippen LogP contribution in [0.25, 0.3) is 0 Å². The summed E-state index contributed by atoms with van der Waals surface area (Å²) in [4.78, 5) is 11.6. The number of alkyl carbamates (subject to hydrolysis) is 1. The predicted octanol–water partition coefficient (Wildman–Crippen LogP) is 4.17. The van der Waals surface area contributed by atoms with Crippen molar-refractivity contribution in [2.24, 2.45) is 0 Å². The van der Waals surface area contributed by atoms with Crippen molar-refractivity contribution in [3.05, 3.63) is 34.1 Å². The van der Waals surface area contributed by atoms with Gasteiger partial charge in [0.1, 0.15) is 11.4 Å². The van der Waals surface area contributed by atoms with E-state index in [4.69, 9.17) is 4.74 Å². The van der Waals surface area contributed by atoms with E-state index in [9.17, 15) is 9.18 Å². The molecule has 0 bridgehead atoms. The van der Waals surface area contributed by atoms with Gasteiger partial charge in [0.05, 0.1) is 6.04 Å². The summed E-state index contributed by atoms with van der Waals surface area (Å²) >= 11 is 3.27. The van der Waals surface area contributed by atoms with Crippen LogP contribution in [0.15, 0.2) is 22.7 Å². The summed E-state index contributed by atoms with van der Waals surface area (Å²) in [6.07, 6.45) is -0.494. The maximum Gasteiger partial charge on any atom is 0.408 e. The molecule has 100 valence electrons. The van der Waals surface area contributed by atoms with E-state index in [1.807, 2.05) is 6.92 Å². The first-order valence-electron chi connectivity index (χ1n) is 5.63. The van der Waals surface area contributed by atoms with E-state index in [0.717, 1.165) is 5.56 Å². The Balaban J connectivity index is 2.71. The van der Waals surface area contributed by atoms with Gasteiger partial charge < -0.3 is 10.1 Å². The number of carbonyl (C=O) groups is 1. The second-order valence-electron chi connectivity index (χ2n) is 5.03. The second kappa shape index (κ2) is 5.69. The molecule has 1 atom stereocenters. The third kappa shape index (κ3) is 4.64. The normalized spacial score (nSPS) is 13.0. The molecule has 0 saturated heterocycles. The SMILES string of the molecule is C[C@@H](NC(=O)OC(C)(C)C)c1ccc(F)cc1Br. The van der Waals surface area contributed by atoms with Crippen molar-refractivity contribution in [2.75, 3.05) is 0 Å². The number of hydrogen-bond acceptors (Lipinski definition) is 2. The van der Waals surface area contributed by atoms with Crippen molar-refractivity contribution in [3.8, 4) is 0 Å². The van der Waals surface area contributed by atoms with Gasteiger partial charge in [-0.15, -0.1) is 0 Å². The van der Waals surface area contributed by atoms with Gasteiger partial charge in [-0.3, -0.25) is 0 Å². The lowest BCUT2D eigenvalue weighted by atomic mass is 10.1. The highest BCUT2D eigenvalue weighted by Crippen LogP contribution is 2.24. The lowest BCUT2D eigenvalue weighted by Crippen LogP contribution is -2.34. The molecule has 18 heavy (non-hydrogen) atoms. The Bertz CT molecular complexity index is 443. The molecule has 0 heterocycles. The lowest BCUT2D eigenvalue weighted by molar-refractivity contribution is 0.0508. The highest BCUT2D eigenvalue weighted by atomic mass is 79.9. The van der Waals surface area contributed by atoms with Crippen LogP contribution in [-0.2, 0) is 4.74 Å². The van der Waals surface area contributed by atoms with Crippen molar-refractivity contribution in [1.82, 2.24) is 5.32 Å². The molecule has 0 aliphatic heterocycles. The Morgan fingerprint density at radius 1 is 1.44 bits per heavy atom. The van der Waals surface area contributed by atoms with Gasteiger partial charge in [0.2, 0.25) is 0 Å². The third-order valence-corrected chi connectivity index (χ3v) is 2.85. The molecule has 0 unspecified atom stereocenters. The second-order valence-corrected chi connectivity index (χ2v) is 5.89. The summed E-state index contributed by atoms with van der Waals surface area (Å²) in [5, 5.41) is 2.70. The molecule has 1 amide bonds. The van der Waals surface area contributed by atoms with Crippen LogP contribution in [-0.4, -0.2) is 11.7 Å². The summed E-state index contributed by atoms with van der Waals surface area (Å²) in [5.41, 5.74) is 0.256. The molecule has 1 aromatic carbocycles. The van der Waals surface area contributed by atoms with Gasteiger partial charge in [0.25, 0.3) is 0 Å². The molecule has 0 radical (unpaired) electrons. The number of nitrogens with one attached hydrogen (secondary N) is 1. The van der Waals surface area contributed by atoms with E-state index in [1.165, 1.54) is 12.1 Å². The first kappa shape index (κ1) is 15.0. The predicted molar refractivity (Wildman–Crippen MR) is 71.9 cm³/mol. The molecular formula is C13H17BrFNO2. The van der Waals surface area contributed by atoms with E-state index in [1.54, 1.807) is 26.8 Å². The average molecular weight is 318 g/mol. The van der Waals surface area contributed by atoms with E-state index in [2.05, 4.69) is 21.2 Å². The molecule has 0 spiro atoms. The summed E-state index contributed by atoms with van der Waals surface area (Å²) < 4.78 is 18.7. The maximum absolute atomic E-state index is 13.0. The zero-order valence-electron chi connectivity index (χ0n) is 10.9. The van der Waals surface area contributed by atoms with Crippen LogP contribution < -0.4 is 5.32 Å². The quantitative estimate of drug-likeness (QED) is 0.888. The highest BCUT2D eigenvalue weighted by molar-refractivity contribution is 9.10. The molecule has 0 aliphatic carbocycles. The Hall–Kier alpha value is -1.10. The zero-order chi connectivity index (χ0) is 13.9. The van der Waals surface area contributed by atoms with E-state index in [-0.39, 0.29) is 11.9 Å². The number of ether oxygens (including phenoxy) is 1. The maximum atomic E-state index is 13.0. The minimum Gasteiger partial charge on any atom is -0.444 e. The molecule has 0 aliphatic rings. The molecule has 1 aromatic rings. The van der Waals surface area contributed by atoms with Crippen molar-refractivity contribution in [2.45, 2.75) is 39.3 Å². The monoisotopic (exact) mass is 317 g/mol. The number of rotatable bonds is 2. The smallest absolute Gasteiger partial charge is 0.408 e. The van der Waals surface area contributed by atoms with Crippen LogP contribution in [0.4, 0.5) is 9.18 Å². The molecule has 1 rings (SSSR count). The van der Waals surface area contributed by atoms with E-state index in [0.29, 0.717) is 4.47 Å². The topological polar surface area (TPSA) is 38.3 Å². The van der Waals surface area contributed by atoms with Gasteiger partial charge in [-0.05, 0) is 45.4 Å². The number of halogens is 2. The van der Waals surface area contributed by atoms with Crippen LogP contribution in [0.1, 0.15) is 39.3 Å². The van der Waals surface area contributed by atoms with Gasteiger partial charge in [-0.25, -0.2) is 9.18 Å². The van der Waals surface area contributed by atoms with E-state index >= 15 is 0 Å². The summed E-state index contributed by atoms with van der Waals surface area (Å²) in [6, 6.07) is 4.08. The lowest BCUT2D eigenvalue weighted by Gasteiger charge is -2.22. The first-order chi connectivity index (χ1) is 8.19. The van der Waals surface area contributed by atoms with Crippen LogP contribution in [0.2, 0.25) is 0 Å². The minimum atomic E-state index is -0.538.